The number of hydrogen-bond donors (Lipinski definition) is 2. The first kappa shape index (κ1) is 17.5. The van der Waals surface area contributed by atoms with Gasteiger partial charge in [0.05, 0.1) is 0 Å². The number of aliphatic hydroxyl groups is 1. The lowest BCUT2D eigenvalue weighted by Gasteiger charge is -2.15. The van der Waals surface area contributed by atoms with Crippen LogP contribution in [0.15, 0.2) is 54.6 Å². The highest BCUT2D eigenvalue weighted by molar-refractivity contribution is 5.28. The van der Waals surface area contributed by atoms with E-state index in [1.807, 2.05) is 30.3 Å². The molecule has 0 aliphatic heterocycles. The molecule has 3 heteroatoms. The van der Waals surface area contributed by atoms with Gasteiger partial charge in [0, 0.05) is 5.56 Å². The van der Waals surface area contributed by atoms with E-state index >= 15 is 0 Å². The van der Waals surface area contributed by atoms with Gasteiger partial charge in [-0.15, -0.1) is 0 Å². The summed E-state index contributed by atoms with van der Waals surface area (Å²) in [6, 6.07) is 18.8. The molecule has 0 amide bonds. The van der Waals surface area contributed by atoms with Crippen LogP contribution in [0.3, 0.4) is 0 Å². The number of ether oxygens (including phenoxy) is 1. The van der Waals surface area contributed by atoms with E-state index in [4.69, 9.17) is 4.74 Å². The third-order valence-electron chi connectivity index (χ3n) is 4.08. The Morgan fingerprint density at radius 3 is 2.17 bits per heavy atom. The van der Waals surface area contributed by atoms with Crippen LogP contribution in [-0.4, -0.2) is 24.4 Å². The van der Waals surface area contributed by atoms with Crippen LogP contribution in [0, 0.1) is 0 Å². The lowest BCUT2D eigenvalue weighted by molar-refractivity contribution is -0.698. The second-order valence-corrected chi connectivity index (χ2v) is 6.36. The van der Waals surface area contributed by atoms with Gasteiger partial charge in [0.15, 0.2) is 0 Å². The van der Waals surface area contributed by atoms with Crippen molar-refractivity contribution in [3.05, 3.63) is 65.7 Å². The predicted molar refractivity (Wildman–Crippen MR) is 93.7 cm³/mol. The van der Waals surface area contributed by atoms with Crippen molar-refractivity contribution >= 4 is 0 Å². The Kier molecular flexibility index (Phi) is 6.63. The number of rotatable bonds is 8. The molecule has 0 bridgehead atoms. The molecule has 0 fully saturated rings. The van der Waals surface area contributed by atoms with Crippen LogP contribution in [0.1, 0.15) is 43.9 Å². The average molecular weight is 314 g/mol. The second-order valence-electron chi connectivity index (χ2n) is 6.36. The maximum absolute atomic E-state index is 10.1. The highest BCUT2D eigenvalue weighted by Crippen LogP contribution is 2.18. The number of benzene rings is 2. The monoisotopic (exact) mass is 314 g/mol. The fraction of sp³-hybridized carbons (Fsp3) is 0.400. The van der Waals surface area contributed by atoms with Gasteiger partial charge in [-0.05, 0) is 30.5 Å². The van der Waals surface area contributed by atoms with E-state index in [9.17, 15) is 5.11 Å². The minimum atomic E-state index is -0.481. The van der Waals surface area contributed by atoms with E-state index in [0.29, 0.717) is 25.1 Å². The van der Waals surface area contributed by atoms with Gasteiger partial charge in [-0.25, -0.2) is 0 Å². The van der Waals surface area contributed by atoms with Crippen LogP contribution in [0.4, 0.5) is 0 Å². The molecule has 0 heterocycles. The van der Waals surface area contributed by atoms with Crippen molar-refractivity contribution in [3.8, 4) is 5.75 Å². The minimum Gasteiger partial charge on any atom is -0.491 e. The van der Waals surface area contributed by atoms with Crippen molar-refractivity contribution in [1.82, 2.24) is 0 Å². The summed E-state index contributed by atoms with van der Waals surface area (Å²) >= 11 is 0. The number of quaternary nitrogens is 1. The summed E-state index contributed by atoms with van der Waals surface area (Å²) in [5.74, 6) is 1.33. The van der Waals surface area contributed by atoms with Gasteiger partial charge < -0.3 is 15.2 Å². The summed E-state index contributed by atoms with van der Waals surface area (Å²) in [4.78, 5) is 0. The lowest BCUT2D eigenvalue weighted by atomic mass is 10.0. The van der Waals surface area contributed by atoms with Crippen molar-refractivity contribution in [3.63, 3.8) is 0 Å². The fourth-order valence-electron chi connectivity index (χ4n) is 2.46. The first-order chi connectivity index (χ1) is 11.1. The van der Waals surface area contributed by atoms with Gasteiger partial charge >= 0.3 is 0 Å². The maximum Gasteiger partial charge on any atom is 0.137 e. The normalized spacial score (nSPS) is 13.8. The summed E-state index contributed by atoms with van der Waals surface area (Å²) in [5.41, 5.74) is 2.56. The molecular weight excluding hydrogens is 286 g/mol. The summed E-state index contributed by atoms with van der Waals surface area (Å²) < 4.78 is 5.67. The molecule has 0 aromatic heterocycles. The molecule has 23 heavy (non-hydrogen) atoms. The van der Waals surface area contributed by atoms with Gasteiger partial charge in [-0.3, -0.25) is 0 Å². The van der Waals surface area contributed by atoms with Crippen LogP contribution in [0.5, 0.6) is 5.75 Å². The molecule has 0 radical (unpaired) electrons. The highest BCUT2D eigenvalue weighted by Gasteiger charge is 2.12. The Balaban J connectivity index is 1.73. The Hall–Kier alpha value is -1.84. The van der Waals surface area contributed by atoms with Crippen LogP contribution >= 0.6 is 0 Å². The molecule has 0 aliphatic carbocycles. The summed E-state index contributed by atoms with van der Waals surface area (Å²) in [6.45, 7) is 7.43. The summed E-state index contributed by atoms with van der Waals surface area (Å²) in [5, 5.41) is 12.2. The predicted octanol–water partition coefficient (Wildman–Crippen LogP) is 2.87. The van der Waals surface area contributed by atoms with E-state index < -0.39 is 6.10 Å². The molecule has 0 unspecified atom stereocenters. The summed E-state index contributed by atoms with van der Waals surface area (Å²) in [7, 11) is 0. The van der Waals surface area contributed by atoms with Gasteiger partial charge in [-0.1, -0.05) is 56.3 Å². The van der Waals surface area contributed by atoms with Crippen LogP contribution in [0.25, 0.3) is 0 Å². The van der Waals surface area contributed by atoms with Crippen LogP contribution < -0.4 is 10.1 Å². The average Bonchev–Trinajstić information content (AvgIpc) is 2.59. The van der Waals surface area contributed by atoms with E-state index in [0.717, 1.165) is 5.75 Å². The minimum absolute atomic E-state index is 0.318. The van der Waals surface area contributed by atoms with Crippen LogP contribution in [-0.2, 0) is 0 Å². The zero-order valence-electron chi connectivity index (χ0n) is 14.3. The molecule has 0 aliphatic rings. The Bertz CT molecular complexity index is 566. The molecule has 0 saturated carbocycles. The standard InChI is InChI=1S/C20H27NO2/c1-15(2)17-9-11-20(12-10-17)23-14-19(22)13-21-16(3)18-7-5-4-6-8-18/h4-12,15-16,19,21-22H,13-14H2,1-3H3/p+1/t16-,19-/m0/s1. The largest absolute Gasteiger partial charge is 0.491 e. The third kappa shape index (κ3) is 5.70. The van der Waals surface area contributed by atoms with Crippen molar-refractivity contribution in [2.24, 2.45) is 0 Å². The molecule has 2 rings (SSSR count). The Morgan fingerprint density at radius 1 is 0.913 bits per heavy atom. The maximum atomic E-state index is 10.1. The first-order valence-corrected chi connectivity index (χ1v) is 8.35. The van der Waals surface area contributed by atoms with Crippen molar-refractivity contribution in [2.45, 2.75) is 38.8 Å². The highest BCUT2D eigenvalue weighted by atomic mass is 16.5. The fourth-order valence-corrected chi connectivity index (χ4v) is 2.46. The number of nitrogens with two attached hydrogens (primary N) is 1. The van der Waals surface area contributed by atoms with Gasteiger partial charge in [-0.2, -0.15) is 0 Å². The SMILES string of the molecule is CC(C)c1ccc(OC[C@@H](O)C[NH2+][C@@H](C)c2ccccc2)cc1. The zero-order valence-corrected chi connectivity index (χ0v) is 14.3. The molecule has 3 N–H and O–H groups in total. The van der Waals surface area contributed by atoms with E-state index in [1.165, 1.54) is 11.1 Å². The number of hydrogen-bond acceptors (Lipinski definition) is 2. The molecule has 3 nitrogen and oxygen atoms in total. The summed E-state index contributed by atoms with van der Waals surface area (Å²) in [6.07, 6.45) is -0.481. The van der Waals surface area contributed by atoms with E-state index in [1.54, 1.807) is 0 Å². The Morgan fingerprint density at radius 2 is 1.57 bits per heavy atom. The third-order valence-corrected chi connectivity index (χ3v) is 4.08. The van der Waals surface area contributed by atoms with E-state index in [-0.39, 0.29) is 0 Å². The van der Waals surface area contributed by atoms with E-state index in [2.05, 4.69) is 50.4 Å². The van der Waals surface area contributed by atoms with Gasteiger partial charge in [0.2, 0.25) is 0 Å². The molecular formula is C20H28NO2+. The lowest BCUT2D eigenvalue weighted by Crippen LogP contribution is -2.87. The Labute approximate surface area is 139 Å². The second kappa shape index (κ2) is 8.70. The molecule has 2 aromatic rings. The molecule has 0 saturated heterocycles. The quantitative estimate of drug-likeness (QED) is 0.787. The van der Waals surface area contributed by atoms with Crippen molar-refractivity contribution in [1.29, 1.82) is 0 Å². The van der Waals surface area contributed by atoms with Gasteiger partial charge in [0.1, 0.15) is 31.0 Å². The smallest absolute Gasteiger partial charge is 0.137 e. The van der Waals surface area contributed by atoms with Gasteiger partial charge in [0.25, 0.3) is 0 Å². The number of aliphatic hydroxyl groups excluding tert-OH is 1. The van der Waals surface area contributed by atoms with Crippen molar-refractivity contribution < 1.29 is 15.2 Å². The molecule has 2 atom stereocenters. The molecule has 0 spiro atoms. The molecule has 124 valence electrons. The van der Waals surface area contributed by atoms with Crippen molar-refractivity contribution in [2.75, 3.05) is 13.2 Å². The topological polar surface area (TPSA) is 46.1 Å². The van der Waals surface area contributed by atoms with Crippen LogP contribution in [0.2, 0.25) is 0 Å². The zero-order chi connectivity index (χ0) is 16.7. The first-order valence-electron chi connectivity index (χ1n) is 8.35. The molecule has 2 aromatic carbocycles.